The molecule has 5 heteroatoms. The SMILES string of the molecule is C#CC(NC(=O)NCC1(OC)CCOCC1)C(C)C. The highest BCUT2D eigenvalue weighted by atomic mass is 16.5. The molecule has 0 spiro atoms. The van der Waals surface area contributed by atoms with Gasteiger partial charge in [-0.05, 0) is 5.92 Å². The number of rotatable bonds is 5. The molecular weight excluding hydrogens is 244 g/mol. The Bertz CT molecular complexity index is 330. The molecule has 0 aliphatic carbocycles. The zero-order valence-corrected chi connectivity index (χ0v) is 12.0. The quantitative estimate of drug-likeness (QED) is 0.735. The van der Waals surface area contributed by atoms with Crippen LogP contribution in [-0.4, -0.2) is 44.5 Å². The second-order valence-electron chi connectivity index (χ2n) is 5.21. The molecule has 1 rings (SSSR count). The van der Waals surface area contributed by atoms with Crippen molar-refractivity contribution >= 4 is 6.03 Å². The van der Waals surface area contributed by atoms with E-state index in [9.17, 15) is 4.79 Å². The molecule has 2 N–H and O–H groups in total. The van der Waals surface area contributed by atoms with Crippen LogP contribution in [-0.2, 0) is 9.47 Å². The molecule has 1 aliphatic heterocycles. The van der Waals surface area contributed by atoms with Gasteiger partial charge in [0.1, 0.15) is 0 Å². The molecule has 108 valence electrons. The minimum Gasteiger partial charge on any atom is -0.381 e. The Morgan fingerprint density at radius 1 is 1.47 bits per heavy atom. The largest absolute Gasteiger partial charge is 0.381 e. The van der Waals surface area contributed by atoms with Crippen molar-refractivity contribution in [1.29, 1.82) is 0 Å². The zero-order valence-electron chi connectivity index (χ0n) is 12.0. The Hall–Kier alpha value is -1.25. The van der Waals surface area contributed by atoms with Crippen LogP contribution < -0.4 is 10.6 Å². The molecule has 19 heavy (non-hydrogen) atoms. The minimum absolute atomic E-state index is 0.204. The fourth-order valence-electron chi connectivity index (χ4n) is 2.03. The Labute approximate surface area is 115 Å². The van der Waals surface area contributed by atoms with Gasteiger partial charge in [-0.25, -0.2) is 4.79 Å². The second kappa shape index (κ2) is 7.37. The van der Waals surface area contributed by atoms with E-state index in [2.05, 4.69) is 16.6 Å². The molecule has 0 bridgehead atoms. The van der Waals surface area contributed by atoms with Crippen LogP contribution in [0.2, 0.25) is 0 Å². The predicted octanol–water partition coefficient (Wildman–Crippen LogP) is 1.14. The molecule has 1 aliphatic rings. The number of nitrogens with one attached hydrogen (secondary N) is 2. The molecule has 1 heterocycles. The number of carbonyl (C=O) groups is 1. The number of hydrogen-bond donors (Lipinski definition) is 2. The van der Waals surface area contributed by atoms with Gasteiger partial charge in [0.15, 0.2) is 0 Å². The van der Waals surface area contributed by atoms with Crippen molar-refractivity contribution < 1.29 is 14.3 Å². The summed E-state index contributed by atoms with van der Waals surface area (Å²) in [6.45, 7) is 5.74. The van der Waals surface area contributed by atoms with Gasteiger partial charge >= 0.3 is 6.03 Å². The average molecular weight is 268 g/mol. The standard InChI is InChI=1S/C14H24N2O3/c1-5-12(11(2)3)16-13(17)15-10-14(18-4)6-8-19-9-7-14/h1,11-12H,6-10H2,2-4H3,(H2,15,16,17). The maximum Gasteiger partial charge on any atom is 0.315 e. The molecule has 0 saturated carbocycles. The normalized spacial score (nSPS) is 19.5. The second-order valence-corrected chi connectivity index (χ2v) is 5.21. The van der Waals surface area contributed by atoms with Crippen molar-refractivity contribution in [2.45, 2.75) is 38.3 Å². The van der Waals surface area contributed by atoms with Crippen molar-refractivity contribution in [3.8, 4) is 12.3 Å². The van der Waals surface area contributed by atoms with E-state index < -0.39 is 0 Å². The van der Waals surface area contributed by atoms with E-state index in [4.69, 9.17) is 15.9 Å². The molecule has 1 fully saturated rings. The number of terminal acetylenes is 1. The first kappa shape index (κ1) is 15.8. The fraction of sp³-hybridized carbons (Fsp3) is 0.786. The fourth-order valence-corrected chi connectivity index (χ4v) is 2.03. The summed E-state index contributed by atoms with van der Waals surface area (Å²) in [6.07, 6.45) is 6.95. The van der Waals surface area contributed by atoms with Crippen molar-refractivity contribution in [3.05, 3.63) is 0 Å². The molecule has 2 amide bonds. The lowest BCUT2D eigenvalue weighted by Crippen LogP contribution is -2.52. The van der Waals surface area contributed by atoms with Gasteiger partial charge in [0.25, 0.3) is 0 Å². The van der Waals surface area contributed by atoms with Gasteiger partial charge in [-0.2, -0.15) is 0 Å². The average Bonchev–Trinajstić information content (AvgIpc) is 2.43. The van der Waals surface area contributed by atoms with Crippen LogP contribution in [0, 0.1) is 18.3 Å². The van der Waals surface area contributed by atoms with Crippen LogP contribution in [0.3, 0.4) is 0 Å². The highest BCUT2D eigenvalue weighted by Gasteiger charge is 2.32. The van der Waals surface area contributed by atoms with E-state index in [0.29, 0.717) is 19.8 Å². The molecule has 1 unspecified atom stereocenters. The van der Waals surface area contributed by atoms with Crippen LogP contribution in [0.4, 0.5) is 4.79 Å². The molecular formula is C14H24N2O3. The topological polar surface area (TPSA) is 59.6 Å². The highest BCUT2D eigenvalue weighted by molar-refractivity contribution is 5.74. The van der Waals surface area contributed by atoms with Gasteiger partial charge in [0.05, 0.1) is 11.6 Å². The van der Waals surface area contributed by atoms with Crippen molar-refractivity contribution in [2.24, 2.45) is 5.92 Å². The minimum atomic E-state index is -0.320. The first-order chi connectivity index (χ1) is 9.03. The highest BCUT2D eigenvalue weighted by Crippen LogP contribution is 2.23. The van der Waals surface area contributed by atoms with E-state index in [-0.39, 0.29) is 23.6 Å². The van der Waals surface area contributed by atoms with Gasteiger partial charge in [0, 0.05) is 39.7 Å². The number of carbonyl (C=O) groups excluding carboxylic acids is 1. The molecule has 5 nitrogen and oxygen atoms in total. The van der Waals surface area contributed by atoms with Crippen LogP contribution in [0.5, 0.6) is 0 Å². The van der Waals surface area contributed by atoms with Gasteiger partial charge in [-0.3, -0.25) is 0 Å². The first-order valence-corrected chi connectivity index (χ1v) is 6.66. The van der Waals surface area contributed by atoms with Gasteiger partial charge in [-0.1, -0.05) is 19.8 Å². The number of urea groups is 1. The monoisotopic (exact) mass is 268 g/mol. The lowest BCUT2D eigenvalue weighted by Gasteiger charge is -2.36. The van der Waals surface area contributed by atoms with Crippen molar-refractivity contribution in [2.75, 3.05) is 26.9 Å². The molecule has 0 aromatic heterocycles. The van der Waals surface area contributed by atoms with E-state index >= 15 is 0 Å². The van der Waals surface area contributed by atoms with E-state index in [0.717, 1.165) is 12.8 Å². The van der Waals surface area contributed by atoms with Gasteiger partial charge in [0.2, 0.25) is 0 Å². The molecule has 0 radical (unpaired) electrons. The van der Waals surface area contributed by atoms with Crippen molar-refractivity contribution in [1.82, 2.24) is 10.6 Å². The van der Waals surface area contributed by atoms with Gasteiger partial charge in [-0.15, -0.1) is 6.42 Å². The third kappa shape index (κ3) is 4.73. The summed E-state index contributed by atoms with van der Waals surface area (Å²) in [6, 6.07) is -0.507. The lowest BCUT2D eigenvalue weighted by atomic mass is 9.94. The molecule has 1 atom stereocenters. The number of ether oxygens (including phenoxy) is 2. The smallest absolute Gasteiger partial charge is 0.315 e. The van der Waals surface area contributed by atoms with Crippen LogP contribution >= 0.6 is 0 Å². The number of amides is 2. The van der Waals surface area contributed by atoms with Crippen LogP contribution in [0.25, 0.3) is 0 Å². The summed E-state index contributed by atoms with van der Waals surface area (Å²) in [4.78, 5) is 11.8. The van der Waals surface area contributed by atoms with Crippen molar-refractivity contribution in [3.63, 3.8) is 0 Å². The van der Waals surface area contributed by atoms with Crippen LogP contribution in [0.15, 0.2) is 0 Å². The summed E-state index contributed by atoms with van der Waals surface area (Å²) in [5.74, 6) is 2.77. The lowest BCUT2D eigenvalue weighted by molar-refractivity contribution is -0.0861. The number of hydrogen-bond acceptors (Lipinski definition) is 3. The Morgan fingerprint density at radius 2 is 2.11 bits per heavy atom. The summed E-state index contributed by atoms with van der Waals surface area (Å²) < 4.78 is 10.9. The summed E-state index contributed by atoms with van der Waals surface area (Å²) in [5.41, 5.74) is -0.320. The maximum absolute atomic E-state index is 11.8. The Morgan fingerprint density at radius 3 is 2.58 bits per heavy atom. The Balaban J connectivity index is 2.42. The summed E-state index contributed by atoms with van der Waals surface area (Å²) >= 11 is 0. The molecule has 0 aromatic rings. The van der Waals surface area contributed by atoms with E-state index in [1.165, 1.54) is 0 Å². The number of methoxy groups -OCH3 is 1. The molecule has 1 saturated heterocycles. The Kier molecular flexibility index (Phi) is 6.13. The van der Waals surface area contributed by atoms with Gasteiger partial charge < -0.3 is 20.1 Å². The van der Waals surface area contributed by atoms with E-state index in [1.54, 1.807) is 7.11 Å². The summed E-state index contributed by atoms with van der Waals surface area (Å²) in [5, 5.41) is 5.61. The first-order valence-electron chi connectivity index (χ1n) is 6.66. The zero-order chi connectivity index (χ0) is 14.3. The summed E-state index contributed by atoms with van der Waals surface area (Å²) in [7, 11) is 1.67. The third-order valence-electron chi connectivity index (χ3n) is 3.54. The third-order valence-corrected chi connectivity index (χ3v) is 3.54. The molecule has 0 aromatic carbocycles. The van der Waals surface area contributed by atoms with E-state index in [1.807, 2.05) is 13.8 Å². The predicted molar refractivity (Wildman–Crippen MR) is 73.8 cm³/mol. The maximum atomic E-state index is 11.8. The van der Waals surface area contributed by atoms with Crippen LogP contribution in [0.1, 0.15) is 26.7 Å².